The third-order valence-electron chi connectivity index (χ3n) is 3.90. The molecule has 0 bridgehead atoms. The topological polar surface area (TPSA) is 0 Å². The fraction of sp³-hybridized carbons (Fsp3) is 1.00. The van der Waals surface area contributed by atoms with E-state index in [-0.39, 0.29) is 17.1 Å². The molecule has 1 saturated carbocycles. The molecule has 0 aromatic heterocycles. The van der Waals surface area contributed by atoms with Crippen LogP contribution in [0.3, 0.4) is 0 Å². The Kier molecular flexibility index (Phi) is 23.0. The first-order valence-corrected chi connectivity index (χ1v) is 14.7. The van der Waals surface area contributed by atoms with Crippen molar-refractivity contribution in [3.8, 4) is 0 Å². The second-order valence-electron chi connectivity index (χ2n) is 5.83. The molecular formula is C17H37FeSn. The van der Waals surface area contributed by atoms with E-state index in [1.807, 2.05) is 0 Å². The van der Waals surface area contributed by atoms with Gasteiger partial charge >= 0.3 is 92.4 Å². The van der Waals surface area contributed by atoms with Gasteiger partial charge < -0.3 is 0 Å². The van der Waals surface area contributed by atoms with Gasteiger partial charge in [-0.2, -0.15) is 0 Å². The van der Waals surface area contributed by atoms with E-state index in [4.69, 9.17) is 0 Å². The standard InChI is InChI=1S/C5H10.3C4H9.Fe.Sn/c1-2-4-5-3-1;3*1-3-4-2;;/h1-5H2;3*1,3-4H2,2H3;;. The van der Waals surface area contributed by atoms with Crippen molar-refractivity contribution in [3.63, 3.8) is 0 Å². The van der Waals surface area contributed by atoms with Crippen molar-refractivity contribution < 1.29 is 17.1 Å². The zero-order valence-corrected chi connectivity index (χ0v) is 17.7. The average Bonchev–Trinajstić information content (AvgIpc) is 2.97. The van der Waals surface area contributed by atoms with Crippen molar-refractivity contribution in [2.24, 2.45) is 0 Å². The molecule has 1 radical (unpaired) electrons. The van der Waals surface area contributed by atoms with E-state index in [2.05, 4.69) is 20.8 Å². The molecule has 0 heterocycles. The van der Waals surface area contributed by atoms with Crippen LogP contribution in [-0.4, -0.2) is 19.8 Å². The minimum atomic E-state index is -0.839. The molecule has 0 amide bonds. The summed E-state index contributed by atoms with van der Waals surface area (Å²) in [5.41, 5.74) is 0. The molecule has 0 unspecified atom stereocenters. The average molecular weight is 416 g/mol. The number of rotatable bonds is 9. The van der Waals surface area contributed by atoms with Crippen LogP contribution in [0.5, 0.6) is 0 Å². The van der Waals surface area contributed by atoms with Crippen molar-refractivity contribution in [3.05, 3.63) is 0 Å². The van der Waals surface area contributed by atoms with Crippen LogP contribution >= 0.6 is 0 Å². The zero-order valence-electron chi connectivity index (χ0n) is 13.8. The van der Waals surface area contributed by atoms with Crippen LogP contribution in [0.1, 0.15) is 91.4 Å². The third kappa shape index (κ3) is 17.3. The SMILES string of the molecule is C1CCCC1.CCC[CH2][Sn]([CH2]CCC)[CH2]CCC.[Fe]. The Morgan fingerprint density at radius 1 is 0.579 bits per heavy atom. The van der Waals surface area contributed by atoms with E-state index in [1.54, 1.807) is 13.3 Å². The smallest absolute Gasteiger partial charge is 0 e. The predicted octanol–water partition coefficient (Wildman–Crippen LogP) is 6.83. The molecule has 1 rings (SSSR count). The minimum Gasteiger partial charge on any atom is 0 e. The number of hydrogen-bond donors (Lipinski definition) is 0. The van der Waals surface area contributed by atoms with E-state index >= 15 is 0 Å². The molecule has 0 atom stereocenters. The van der Waals surface area contributed by atoms with Crippen molar-refractivity contribution in [2.45, 2.75) is 105 Å². The number of unbranched alkanes of at least 4 members (excludes halogenated alkanes) is 3. The first-order valence-electron chi connectivity index (χ1n) is 8.68. The first kappa shape index (κ1) is 22.6. The Balaban J connectivity index is 0. The van der Waals surface area contributed by atoms with Gasteiger partial charge in [-0.1, -0.05) is 32.1 Å². The summed E-state index contributed by atoms with van der Waals surface area (Å²) in [7, 11) is 0. The second-order valence-corrected chi connectivity index (χ2v) is 14.4. The van der Waals surface area contributed by atoms with Crippen molar-refractivity contribution in [2.75, 3.05) is 0 Å². The fourth-order valence-corrected chi connectivity index (χ4v) is 12.0. The quantitative estimate of drug-likeness (QED) is 0.362. The van der Waals surface area contributed by atoms with Crippen LogP contribution < -0.4 is 0 Å². The van der Waals surface area contributed by atoms with Gasteiger partial charge in [-0.05, 0) is 0 Å². The van der Waals surface area contributed by atoms with E-state index < -0.39 is 19.8 Å². The van der Waals surface area contributed by atoms with Gasteiger partial charge in [0.05, 0.1) is 0 Å². The molecule has 0 aromatic carbocycles. The molecular weight excluding hydrogens is 379 g/mol. The van der Waals surface area contributed by atoms with Gasteiger partial charge in [0, 0.05) is 17.1 Å². The van der Waals surface area contributed by atoms with Gasteiger partial charge in [-0.3, -0.25) is 0 Å². The van der Waals surface area contributed by atoms with Gasteiger partial charge in [0.2, 0.25) is 0 Å². The largest absolute Gasteiger partial charge is 0 e. The van der Waals surface area contributed by atoms with Crippen LogP contribution in [0.2, 0.25) is 13.3 Å². The summed E-state index contributed by atoms with van der Waals surface area (Å²) >= 11 is -0.839. The Hall–Kier alpha value is 1.32. The van der Waals surface area contributed by atoms with Crippen molar-refractivity contribution in [1.82, 2.24) is 0 Å². The second kappa shape index (κ2) is 19.3. The van der Waals surface area contributed by atoms with Crippen LogP contribution in [0.15, 0.2) is 0 Å². The molecule has 0 saturated heterocycles. The molecule has 0 nitrogen and oxygen atoms in total. The molecule has 117 valence electrons. The summed E-state index contributed by atoms with van der Waals surface area (Å²) in [4.78, 5) is 0. The Morgan fingerprint density at radius 2 is 0.842 bits per heavy atom. The maximum absolute atomic E-state index is 2.33. The maximum Gasteiger partial charge on any atom is 0 e. The summed E-state index contributed by atoms with van der Waals surface area (Å²) in [6, 6.07) is 0. The van der Waals surface area contributed by atoms with Crippen molar-refractivity contribution >= 4 is 19.8 Å². The molecule has 0 spiro atoms. The molecule has 19 heavy (non-hydrogen) atoms. The molecule has 0 aliphatic heterocycles. The van der Waals surface area contributed by atoms with E-state index in [9.17, 15) is 0 Å². The molecule has 1 aliphatic rings. The molecule has 1 fully saturated rings. The fourth-order valence-electron chi connectivity index (χ4n) is 2.54. The monoisotopic (exact) mass is 417 g/mol. The minimum absolute atomic E-state index is 0. The van der Waals surface area contributed by atoms with Crippen LogP contribution in [0, 0.1) is 0 Å². The molecule has 0 aromatic rings. The van der Waals surface area contributed by atoms with Crippen LogP contribution in [-0.2, 0) is 17.1 Å². The maximum atomic E-state index is 2.33. The van der Waals surface area contributed by atoms with Gasteiger partial charge in [0.1, 0.15) is 0 Å². The predicted molar refractivity (Wildman–Crippen MR) is 88.0 cm³/mol. The van der Waals surface area contributed by atoms with Crippen molar-refractivity contribution in [1.29, 1.82) is 0 Å². The molecule has 0 N–H and O–H groups in total. The van der Waals surface area contributed by atoms with Gasteiger partial charge in [-0.25, -0.2) is 0 Å². The summed E-state index contributed by atoms with van der Waals surface area (Å²) in [6.07, 6.45) is 16.3. The summed E-state index contributed by atoms with van der Waals surface area (Å²) in [5.74, 6) is 0. The Morgan fingerprint density at radius 3 is 1.05 bits per heavy atom. The summed E-state index contributed by atoms with van der Waals surface area (Å²) in [6.45, 7) is 7.00. The molecule has 1 aliphatic carbocycles. The van der Waals surface area contributed by atoms with E-state index in [0.29, 0.717) is 0 Å². The summed E-state index contributed by atoms with van der Waals surface area (Å²) < 4.78 is 5.04. The van der Waals surface area contributed by atoms with Gasteiger partial charge in [0.15, 0.2) is 0 Å². The first-order chi connectivity index (χ1) is 8.85. The van der Waals surface area contributed by atoms with E-state index in [0.717, 1.165) is 0 Å². The Bertz CT molecular complexity index is 120. The zero-order chi connectivity index (χ0) is 13.5. The van der Waals surface area contributed by atoms with Crippen LogP contribution in [0.25, 0.3) is 0 Å². The van der Waals surface area contributed by atoms with Crippen LogP contribution in [0.4, 0.5) is 0 Å². The molecule has 2 heteroatoms. The number of hydrogen-bond acceptors (Lipinski definition) is 0. The van der Waals surface area contributed by atoms with Gasteiger partial charge in [0.25, 0.3) is 0 Å². The third-order valence-corrected chi connectivity index (χ3v) is 13.0. The van der Waals surface area contributed by atoms with E-state index in [1.165, 1.54) is 70.6 Å². The summed E-state index contributed by atoms with van der Waals surface area (Å²) in [5, 5.41) is 0. The van der Waals surface area contributed by atoms with Gasteiger partial charge in [-0.15, -0.1) is 0 Å². The normalized spacial score (nSPS) is 13.9. The Labute approximate surface area is 141 Å².